The van der Waals surface area contributed by atoms with Crippen molar-refractivity contribution >= 4 is 16.2 Å². The summed E-state index contributed by atoms with van der Waals surface area (Å²) >= 11 is 0. The van der Waals surface area contributed by atoms with E-state index in [-0.39, 0.29) is 12.3 Å². The number of piperidine rings is 2. The molecule has 2 rings (SSSR count). The molecular formula is C13H24N2O4S. The Morgan fingerprint density at radius 3 is 2.35 bits per heavy atom. The molecule has 2 unspecified atom stereocenters. The fraction of sp³-hybridized carbons (Fsp3) is 0.923. The van der Waals surface area contributed by atoms with E-state index in [4.69, 9.17) is 5.11 Å². The number of carboxylic acid groups (broad SMARTS) is 1. The van der Waals surface area contributed by atoms with Gasteiger partial charge in [0, 0.05) is 32.6 Å². The van der Waals surface area contributed by atoms with E-state index < -0.39 is 16.2 Å². The van der Waals surface area contributed by atoms with Crippen LogP contribution in [0.25, 0.3) is 0 Å². The summed E-state index contributed by atoms with van der Waals surface area (Å²) in [4.78, 5) is 10.8. The second kappa shape index (κ2) is 6.41. The Bertz CT molecular complexity index is 451. The van der Waals surface area contributed by atoms with Crippen molar-refractivity contribution in [3.8, 4) is 0 Å². The van der Waals surface area contributed by atoms with Gasteiger partial charge in [-0.15, -0.1) is 0 Å². The molecular weight excluding hydrogens is 280 g/mol. The van der Waals surface area contributed by atoms with Crippen molar-refractivity contribution in [2.75, 3.05) is 26.2 Å². The predicted octanol–water partition coefficient (Wildman–Crippen LogP) is 1.15. The van der Waals surface area contributed by atoms with Crippen LogP contribution in [0, 0.1) is 11.8 Å². The summed E-state index contributed by atoms with van der Waals surface area (Å²) in [7, 11) is -3.41. The maximum atomic E-state index is 12.6. The molecule has 2 fully saturated rings. The number of rotatable bonds is 4. The largest absolute Gasteiger partial charge is 0.481 e. The molecule has 0 bridgehead atoms. The number of hydrogen-bond acceptors (Lipinski definition) is 3. The van der Waals surface area contributed by atoms with Crippen LogP contribution >= 0.6 is 0 Å². The molecule has 2 heterocycles. The van der Waals surface area contributed by atoms with Crippen molar-refractivity contribution in [1.29, 1.82) is 0 Å². The molecule has 7 heteroatoms. The molecule has 0 spiro atoms. The Balaban J connectivity index is 2.02. The summed E-state index contributed by atoms with van der Waals surface area (Å²) in [5, 5.41) is 8.86. The highest BCUT2D eigenvalue weighted by Crippen LogP contribution is 2.26. The topological polar surface area (TPSA) is 77.9 Å². The molecule has 116 valence electrons. The first-order valence-electron chi connectivity index (χ1n) is 7.36. The fourth-order valence-corrected chi connectivity index (χ4v) is 5.06. The Labute approximate surface area is 120 Å². The molecule has 0 radical (unpaired) electrons. The second-order valence-corrected chi connectivity index (χ2v) is 8.01. The summed E-state index contributed by atoms with van der Waals surface area (Å²) in [6, 6.07) is 0. The SMILES string of the molecule is CC1CCCN(S(=O)(=O)N2CCCC(CC(=O)O)C2)C1. The first kappa shape index (κ1) is 15.7. The number of hydrogen-bond donors (Lipinski definition) is 1. The molecule has 20 heavy (non-hydrogen) atoms. The maximum Gasteiger partial charge on any atom is 0.303 e. The Morgan fingerprint density at radius 1 is 1.15 bits per heavy atom. The standard InChI is InChI=1S/C13H24N2O4S/c1-11-4-2-6-14(9-11)20(18,19)15-7-3-5-12(10-15)8-13(16)17/h11-12H,2-10H2,1H3,(H,16,17). The molecule has 2 atom stereocenters. The van der Waals surface area contributed by atoms with Gasteiger partial charge in [0.1, 0.15) is 0 Å². The minimum Gasteiger partial charge on any atom is -0.481 e. The van der Waals surface area contributed by atoms with Crippen LogP contribution < -0.4 is 0 Å². The van der Waals surface area contributed by atoms with E-state index in [2.05, 4.69) is 6.92 Å². The molecule has 0 aromatic carbocycles. The average molecular weight is 304 g/mol. The molecule has 0 amide bonds. The van der Waals surface area contributed by atoms with Gasteiger partial charge in [-0.3, -0.25) is 4.79 Å². The highest BCUT2D eigenvalue weighted by molar-refractivity contribution is 7.86. The lowest BCUT2D eigenvalue weighted by molar-refractivity contribution is -0.138. The van der Waals surface area contributed by atoms with Crippen LogP contribution in [-0.4, -0.2) is 54.3 Å². The summed E-state index contributed by atoms with van der Waals surface area (Å²) in [6.45, 7) is 4.11. The third kappa shape index (κ3) is 3.71. The molecule has 2 saturated heterocycles. The average Bonchev–Trinajstić information content (AvgIpc) is 2.38. The molecule has 2 aliphatic rings. The van der Waals surface area contributed by atoms with E-state index in [1.165, 1.54) is 4.31 Å². The minimum absolute atomic E-state index is 0.0572. The van der Waals surface area contributed by atoms with Crippen LogP contribution in [0.5, 0.6) is 0 Å². The Morgan fingerprint density at radius 2 is 1.75 bits per heavy atom. The monoisotopic (exact) mass is 304 g/mol. The molecule has 0 aromatic heterocycles. The van der Waals surface area contributed by atoms with Gasteiger partial charge in [-0.2, -0.15) is 17.0 Å². The van der Waals surface area contributed by atoms with Crippen molar-refractivity contribution in [2.45, 2.75) is 39.0 Å². The number of carbonyl (C=O) groups is 1. The molecule has 2 aliphatic heterocycles. The van der Waals surface area contributed by atoms with Gasteiger partial charge in [-0.25, -0.2) is 0 Å². The van der Waals surface area contributed by atoms with Crippen LogP contribution in [0.2, 0.25) is 0 Å². The zero-order chi connectivity index (χ0) is 14.8. The zero-order valence-corrected chi connectivity index (χ0v) is 12.8. The third-order valence-electron chi connectivity index (χ3n) is 4.22. The normalized spacial score (nSPS) is 30.2. The Kier molecular flexibility index (Phi) is 5.04. The summed E-state index contributed by atoms with van der Waals surface area (Å²) < 4.78 is 28.3. The first-order chi connectivity index (χ1) is 9.39. The lowest BCUT2D eigenvalue weighted by Gasteiger charge is -2.37. The summed E-state index contributed by atoms with van der Waals surface area (Å²) in [5.41, 5.74) is 0. The van der Waals surface area contributed by atoms with Crippen molar-refractivity contribution in [2.24, 2.45) is 11.8 Å². The smallest absolute Gasteiger partial charge is 0.303 e. The quantitative estimate of drug-likeness (QED) is 0.845. The predicted molar refractivity (Wildman–Crippen MR) is 75.4 cm³/mol. The van der Waals surface area contributed by atoms with Crippen molar-refractivity contribution < 1.29 is 18.3 Å². The fourth-order valence-electron chi connectivity index (χ4n) is 3.17. The van der Waals surface area contributed by atoms with Gasteiger partial charge in [0.15, 0.2) is 0 Å². The van der Waals surface area contributed by atoms with E-state index in [1.54, 1.807) is 4.31 Å². The van der Waals surface area contributed by atoms with Crippen molar-refractivity contribution in [3.63, 3.8) is 0 Å². The van der Waals surface area contributed by atoms with E-state index >= 15 is 0 Å². The van der Waals surface area contributed by atoms with Gasteiger partial charge in [0.05, 0.1) is 0 Å². The number of aliphatic carboxylic acids is 1. The van der Waals surface area contributed by atoms with E-state index in [0.29, 0.717) is 32.1 Å². The van der Waals surface area contributed by atoms with Crippen LogP contribution in [0.15, 0.2) is 0 Å². The second-order valence-electron chi connectivity index (χ2n) is 6.08. The highest BCUT2D eigenvalue weighted by Gasteiger charge is 2.35. The van der Waals surface area contributed by atoms with Crippen LogP contribution in [0.1, 0.15) is 39.0 Å². The van der Waals surface area contributed by atoms with Crippen molar-refractivity contribution in [1.82, 2.24) is 8.61 Å². The lowest BCUT2D eigenvalue weighted by atomic mass is 9.96. The highest BCUT2D eigenvalue weighted by atomic mass is 32.2. The molecule has 0 saturated carbocycles. The number of nitrogens with zero attached hydrogens (tertiary/aromatic N) is 2. The van der Waals surface area contributed by atoms with E-state index in [0.717, 1.165) is 25.7 Å². The van der Waals surface area contributed by atoms with Crippen LogP contribution in [0.3, 0.4) is 0 Å². The molecule has 0 aromatic rings. The first-order valence-corrected chi connectivity index (χ1v) is 8.76. The zero-order valence-electron chi connectivity index (χ0n) is 12.0. The molecule has 1 N–H and O–H groups in total. The van der Waals surface area contributed by atoms with Gasteiger partial charge in [-0.05, 0) is 37.5 Å². The molecule has 0 aliphatic carbocycles. The van der Waals surface area contributed by atoms with E-state index in [9.17, 15) is 13.2 Å². The van der Waals surface area contributed by atoms with Crippen LogP contribution in [0.4, 0.5) is 0 Å². The van der Waals surface area contributed by atoms with Crippen LogP contribution in [-0.2, 0) is 15.0 Å². The molecule has 6 nitrogen and oxygen atoms in total. The third-order valence-corrected chi connectivity index (χ3v) is 6.19. The van der Waals surface area contributed by atoms with Gasteiger partial charge >= 0.3 is 5.97 Å². The van der Waals surface area contributed by atoms with Gasteiger partial charge in [0.25, 0.3) is 10.2 Å². The van der Waals surface area contributed by atoms with E-state index in [1.807, 2.05) is 0 Å². The summed E-state index contributed by atoms with van der Waals surface area (Å²) in [5.74, 6) is -0.503. The maximum absolute atomic E-state index is 12.6. The summed E-state index contributed by atoms with van der Waals surface area (Å²) in [6.07, 6.45) is 3.60. The van der Waals surface area contributed by atoms with Gasteiger partial charge < -0.3 is 5.11 Å². The lowest BCUT2D eigenvalue weighted by Crippen LogP contribution is -2.50. The number of carboxylic acids is 1. The minimum atomic E-state index is -3.41. The van der Waals surface area contributed by atoms with Gasteiger partial charge in [0.2, 0.25) is 0 Å². The van der Waals surface area contributed by atoms with Crippen molar-refractivity contribution in [3.05, 3.63) is 0 Å². The Hall–Kier alpha value is -0.660. The van der Waals surface area contributed by atoms with Gasteiger partial charge in [-0.1, -0.05) is 6.92 Å².